The van der Waals surface area contributed by atoms with Gasteiger partial charge in [0.1, 0.15) is 11.3 Å². The summed E-state index contributed by atoms with van der Waals surface area (Å²) < 4.78 is 11.2. The lowest BCUT2D eigenvalue weighted by molar-refractivity contribution is 0.184. The second-order valence-corrected chi connectivity index (χ2v) is 6.06. The Morgan fingerprint density at radius 3 is 2.47 bits per heavy atom. The Morgan fingerprint density at radius 2 is 1.95 bits per heavy atom. The van der Waals surface area contributed by atoms with Crippen LogP contribution in [0.15, 0.2) is 16.5 Å². The molecule has 3 nitrogen and oxygen atoms in total. The highest BCUT2D eigenvalue weighted by Gasteiger charge is 2.20. The van der Waals surface area contributed by atoms with Gasteiger partial charge in [-0.25, -0.2) is 0 Å². The van der Waals surface area contributed by atoms with Crippen LogP contribution < -0.4 is 5.73 Å². The number of nitrogens with two attached hydrogens (primary N) is 1. The van der Waals surface area contributed by atoms with Crippen LogP contribution in [0.3, 0.4) is 0 Å². The molecule has 0 radical (unpaired) electrons. The van der Waals surface area contributed by atoms with E-state index in [1.807, 2.05) is 0 Å². The van der Waals surface area contributed by atoms with Gasteiger partial charge in [0, 0.05) is 18.1 Å². The predicted octanol–water partition coefficient (Wildman–Crippen LogP) is 3.64. The number of furan rings is 1. The number of fused-ring (bicyclic) bond motifs is 1. The molecule has 19 heavy (non-hydrogen) atoms. The van der Waals surface area contributed by atoms with Gasteiger partial charge in [0.25, 0.3) is 0 Å². The molecule has 0 spiro atoms. The monoisotopic (exact) mass is 261 g/mol. The highest BCUT2D eigenvalue weighted by Crippen LogP contribution is 2.34. The Kier molecular flexibility index (Phi) is 3.70. The fourth-order valence-corrected chi connectivity index (χ4v) is 2.37. The number of hydrogen-bond acceptors (Lipinski definition) is 3. The first-order valence-corrected chi connectivity index (χ1v) is 6.63. The van der Waals surface area contributed by atoms with Crippen molar-refractivity contribution in [2.45, 2.75) is 46.3 Å². The molecule has 1 heterocycles. The van der Waals surface area contributed by atoms with Crippen LogP contribution in [-0.2, 0) is 23.3 Å². The van der Waals surface area contributed by atoms with Crippen molar-refractivity contribution in [1.29, 1.82) is 0 Å². The molecule has 0 atom stereocenters. The van der Waals surface area contributed by atoms with Gasteiger partial charge < -0.3 is 14.9 Å². The third kappa shape index (κ3) is 2.53. The van der Waals surface area contributed by atoms with Gasteiger partial charge >= 0.3 is 0 Å². The second-order valence-electron chi connectivity index (χ2n) is 6.06. The Labute approximate surface area is 114 Å². The smallest absolute Gasteiger partial charge is 0.137 e. The van der Waals surface area contributed by atoms with E-state index >= 15 is 0 Å². The minimum Gasteiger partial charge on any atom is -0.459 e. The van der Waals surface area contributed by atoms with Crippen LogP contribution in [0.2, 0.25) is 0 Å². The Balaban J connectivity index is 2.73. The van der Waals surface area contributed by atoms with Crippen molar-refractivity contribution >= 4 is 11.0 Å². The van der Waals surface area contributed by atoms with Crippen LogP contribution in [0, 0.1) is 6.92 Å². The molecular weight excluding hydrogens is 238 g/mol. The first-order chi connectivity index (χ1) is 8.88. The molecule has 1 aromatic carbocycles. The van der Waals surface area contributed by atoms with E-state index in [2.05, 4.69) is 39.8 Å². The molecule has 104 valence electrons. The summed E-state index contributed by atoms with van der Waals surface area (Å²) in [6.45, 7) is 9.66. The van der Waals surface area contributed by atoms with Crippen molar-refractivity contribution < 1.29 is 9.15 Å². The van der Waals surface area contributed by atoms with Gasteiger partial charge in [-0.3, -0.25) is 0 Å². The zero-order valence-electron chi connectivity index (χ0n) is 12.5. The van der Waals surface area contributed by atoms with Crippen LogP contribution in [0.5, 0.6) is 0 Å². The van der Waals surface area contributed by atoms with Gasteiger partial charge in [-0.2, -0.15) is 0 Å². The zero-order chi connectivity index (χ0) is 14.2. The zero-order valence-corrected chi connectivity index (χ0v) is 12.5. The third-order valence-corrected chi connectivity index (χ3v) is 3.50. The van der Waals surface area contributed by atoms with E-state index in [-0.39, 0.29) is 5.41 Å². The maximum atomic E-state index is 5.89. The van der Waals surface area contributed by atoms with Gasteiger partial charge in [-0.05, 0) is 29.5 Å². The normalized spacial score (nSPS) is 12.3. The van der Waals surface area contributed by atoms with E-state index in [1.54, 1.807) is 7.11 Å². The Bertz CT molecular complexity index is 591. The van der Waals surface area contributed by atoms with Gasteiger partial charge in [-0.1, -0.05) is 26.8 Å². The molecule has 0 aliphatic carbocycles. The summed E-state index contributed by atoms with van der Waals surface area (Å²) in [5.74, 6) is 0.825. The fourth-order valence-electron chi connectivity index (χ4n) is 2.37. The number of aryl methyl sites for hydroxylation is 1. The average Bonchev–Trinajstić information content (AvgIpc) is 2.68. The SMILES string of the molecule is COCc1c(CN)oc2c(C)cc(C(C)(C)C)cc12. The molecule has 2 N–H and O–H groups in total. The van der Waals surface area contributed by atoms with E-state index in [4.69, 9.17) is 14.9 Å². The van der Waals surface area contributed by atoms with Crippen molar-refractivity contribution in [3.63, 3.8) is 0 Å². The molecule has 3 heteroatoms. The quantitative estimate of drug-likeness (QED) is 0.917. The highest BCUT2D eigenvalue weighted by atomic mass is 16.5. The topological polar surface area (TPSA) is 48.4 Å². The maximum Gasteiger partial charge on any atom is 0.137 e. The molecule has 0 aliphatic rings. The molecule has 0 amide bonds. The van der Waals surface area contributed by atoms with Gasteiger partial charge in [0.15, 0.2) is 0 Å². The van der Waals surface area contributed by atoms with E-state index in [9.17, 15) is 0 Å². The predicted molar refractivity (Wildman–Crippen MR) is 78.3 cm³/mol. The molecule has 0 bridgehead atoms. The number of hydrogen-bond donors (Lipinski definition) is 1. The van der Waals surface area contributed by atoms with Crippen LogP contribution in [0.4, 0.5) is 0 Å². The molecular formula is C16H23NO2. The number of rotatable bonds is 3. The van der Waals surface area contributed by atoms with Crippen LogP contribution >= 0.6 is 0 Å². The number of benzene rings is 1. The summed E-state index contributed by atoms with van der Waals surface area (Å²) in [5.41, 5.74) is 10.4. The minimum absolute atomic E-state index is 0.115. The summed E-state index contributed by atoms with van der Waals surface area (Å²) >= 11 is 0. The summed E-state index contributed by atoms with van der Waals surface area (Å²) in [6, 6.07) is 4.40. The Morgan fingerprint density at radius 1 is 1.26 bits per heavy atom. The van der Waals surface area contributed by atoms with Crippen LogP contribution in [0.25, 0.3) is 11.0 Å². The van der Waals surface area contributed by atoms with E-state index < -0.39 is 0 Å². The van der Waals surface area contributed by atoms with Crippen molar-refractivity contribution in [2.75, 3.05) is 7.11 Å². The molecule has 1 aromatic heterocycles. The Hall–Kier alpha value is -1.32. The van der Waals surface area contributed by atoms with Gasteiger partial charge in [0.05, 0.1) is 13.2 Å². The largest absolute Gasteiger partial charge is 0.459 e. The van der Waals surface area contributed by atoms with Crippen molar-refractivity contribution in [3.05, 3.63) is 34.6 Å². The summed E-state index contributed by atoms with van der Waals surface area (Å²) in [5, 5.41) is 1.13. The van der Waals surface area contributed by atoms with Crippen LogP contribution in [0.1, 0.15) is 43.2 Å². The minimum atomic E-state index is 0.115. The summed E-state index contributed by atoms with van der Waals surface area (Å²) in [7, 11) is 1.69. The molecule has 0 saturated heterocycles. The van der Waals surface area contributed by atoms with Crippen molar-refractivity contribution in [3.8, 4) is 0 Å². The molecule has 2 rings (SSSR count). The fraction of sp³-hybridized carbons (Fsp3) is 0.500. The second kappa shape index (κ2) is 4.99. The molecule has 0 aliphatic heterocycles. The van der Waals surface area contributed by atoms with E-state index in [0.717, 1.165) is 27.9 Å². The molecule has 0 unspecified atom stereocenters. The number of ether oxygens (including phenoxy) is 1. The first-order valence-electron chi connectivity index (χ1n) is 6.63. The lowest BCUT2D eigenvalue weighted by atomic mass is 9.85. The lowest BCUT2D eigenvalue weighted by Crippen LogP contribution is -2.11. The standard InChI is InChI=1S/C16H23NO2/c1-10-6-11(16(2,3)4)7-12-13(9-18-5)14(8-17)19-15(10)12/h6-7H,8-9,17H2,1-5H3. The lowest BCUT2D eigenvalue weighted by Gasteiger charge is -2.19. The van der Waals surface area contributed by atoms with E-state index in [0.29, 0.717) is 13.2 Å². The van der Waals surface area contributed by atoms with Gasteiger partial charge in [0.2, 0.25) is 0 Å². The van der Waals surface area contributed by atoms with Gasteiger partial charge in [-0.15, -0.1) is 0 Å². The van der Waals surface area contributed by atoms with Crippen molar-refractivity contribution in [1.82, 2.24) is 0 Å². The molecule has 0 saturated carbocycles. The van der Waals surface area contributed by atoms with Crippen LogP contribution in [-0.4, -0.2) is 7.11 Å². The maximum absolute atomic E-state index is 5.89. The van der Waals surface area contributed by atoms with E-state index in [1.165, 1.54) is 5.56 Å². The first kappa shape index (κ1) is 14.1. The van der Waals surface area contributed by atoms with Crippen molar-refractivity contribution in [2.24, 2.45) is 5.73 Å². The average molecular weight is 261 g/mol. The summed E-state index contributed by atoms with van der Waals surface area (Å²) in [6.07, 6.45) is 0. The number of methoxy groups -OCH3 is 1. The highest BCUT2D eigenvalue weighted by molar-refractivity contribution is 5.86. The summed E-state index contributed by atoms with van der Waals surface area (Å²) in [4.78, 5) is 0. The molecule has 0 fully saturated rings. The molecule has 2 aromatic rings. The third-order valence-electron chi connectivity index (χ3n) is 3.50.